The number of nitro groups is 1. The van der Waals surface area contributed by atoms with Crippen molar-refractivity contribution < 1.29 is 4.92 Å². The maximum atomic E-state index is 10.9. The van der Waals surface area contributed by atoms with Crippen LogP contribution in [0.2, 0.25) is 0 Å². The van der Waals surface area contributed by atoms with Gasteiger partial charge in [0.1, 0.15) is 6.04 Å². The first-order valence-electron chi connectivity index (χ1n) is 11.2. The van der Waals surface area contributed by atoms with Crippen molar-refractivity contribution in [3.05, 3.63) is 113 Å². The molecule has 9 heteroatoms. The molecule has 1 aliphatic heterocycles. The Morgan fingerprint density at radius 3 is 2.37 bits per heavy atom. The van der Waals surface area contributed by atoms with Gasteiger partial charge in [0.15, 0.2) is 5.11 Å². The topological polar surface area (TPSA) is 76.2 Å². The van der Waals surface area contributed by atoms with Gasteiger partial charge in [0.05, 0.1) is 16.7 Å². The molecule has 2 aromatic heterocycles. The van der Waals surface area contributed by atoms with E-state index in [1.165, 1.54) is 17.8 Å². The number of rotatable bonds is 7. The maximum Gasteiger partial charge on any atom is 0.269 e. The van der Waals surface area contributed by atoms with Crippen molar-refractivity contribution in [2.75, 3.05) is 4.90 Å². The third kappa shape index (κ3) is 4.65. The van der Waals surface area contributed by atoms with E-state index in [2.05, 4.69) is 57.2 Å². The van der Waals surface area contributed by atoms with Crippen LogP contribution in [0.1, 0.15) is 30.4 Å². The molecule has 2 atom stereocenters. The van der Waals surface area contributed by atoms with Crippen LogP contribution in [0.15, 0.2) is 101 Å². The second-order valence-electron chi connectivity index (χ2n) is 8.06. The molecule has 1 N–H and O–H groups in total. The third-order valence-corrected chi connectivity index (χ3v) is 7.33. The predicted octanol–water partition coefficient (Wildman–Crippen LogP) is 6.14. The van der Waals surface area contributed by atoms with Crippen molar-refractivity contribution in [3.8, 4) is 0 Å². The molecule has 0 spiro atoms. The first-order chi connectivity index (χ1) is 17.0. The zero-order chi connectivity index (χ0) is 24.4. The molecule has 0 unspecified atom stereocenters. The van der Waals surface area contributed by atoms with Gasteiger partial charge < -0.3 is 14.8 Å². The monoisotopic (exact) mass is 501 g/mol. The highest BCUT2D eigenvalue weighted by Gasteiger charge is 2.41. The summed E-state index contributed by atoms with van der Waals surface area (Å²) < 4.78 is 2.24. The van der Waals surface area contributed by atoms with Crippen molar-refractivity contribution in [2.24, 2.45) is 0 Å². The van der Waals surface area contributed by atoms with E-state index in [4.69, 9.17) is 12.2 Å². The minimum Gasteiger partial charge on any atom is -0.351 e. The first-order valence-corrected chi connectivity index (χ1v) is 12.5. The van der Waals surface area contributed by atoms with E-state index in [9.17, 15) is 10.1 Å². The molecule has 1 aliphatic rings. The van der Waals surface area contributed by atoms with E-state index in [1.807, 2.05) is 36.5 Å². The number of nitrogens with one attached hydrogen (secondary N) is 1. The SMILES string of the molecule is CCn1cccc1[C@@H]1[C@@H](c2ccccn2)NC(=S)N1c1ccc(Sc2ccc([N+](=O)[O-])cc2)cc1. The van der Waals surface area contributed by atoms with Crippen LogP contribution in [0.25, 0.3) is 0 Å². The normalized spacial score (nSPS) is 17.4. The average Bonchev–Trinajstić information content (AvgIpc) is 3.49. The summed E-state index contributed by atoms with van der Waals surface area (Å²) in [5.41, 5.74) is 3.18. The average molecular weight is 502 g/mol. The maximum absolute atomic E-state index is 10.9. The lowest BCUT2D eigenvalue weighted by Gasteiger charge is -2.29. The first kappa shape index (κ1) is 23.1. The molecule has 1 saturated heterocycles. The summed E-state index contributed by atoms with van der Waals surface area (Å²) in [5.74, 6) is 0. The summed E-state index contributed by atoms with van der Waals surface area (Å²) in [6.07, 6.45) is 3.90. The molecule has 7 nitrogen and oxygen atoms in total. The highest BCUT2D eigenvalue weighted by Crippen LogP contribution is 2.42. The zero-order valence-electron chi connectivity index (χ0n) is 18.9. The van der Waals surface area contributed by atoms with E-state index in [0.717, 1.165) is 27.7 Å². The van der Waals surface area contributed by atoms with Crippen molar-refractivity contribution in [1.29, 1.82) is 0 Å². The lowest BCUT2D eigenvalue weighted by atomic mass is 10.0. The number of non-ortho nitro benzene ring substituents is 1. The van der Waals surface area contributed by atoms with Gasteiger partial charge in [-0.05, 0) is 79.8 Å². The smallest absolute Gasteiger partial charge is 0.269 e. The quantitative estimate of drug-likeness (QED) is 0.185. The number of nitro benzene ring substituents is 1. The molecule has 0 bridgehead atoms. The molecule has 0 aliphatic carbocycles. The second-order valence-corrected chi connectivity index (χ2v) is 9.60. The molecule has 1 fully saturated rings. The number of aryl methyl sites for hydroxylation is 1. The van der Waals surface area contributed by atoms with Crippen LogP contribution < -0.4 is 10.2 Å². The van der Waals surface area contributed by atoms with Crippen LogP contribution in [0, 0.1) is 10.1 Å². The van der Waals surface area contributed by atoms with Crippen LogP contribution in [0.5, 0.6) is 0 Å². The molecule has 176 valence electrons. The van der Waals surface area contributed by atoms with Gasteiger partial charge in [0.25, 0.3) is 5.69 Å². The molecule has 0 radical (unpaired) electrons. The zero-order valence-corrected chi connectivity index (χ0v) is 20.6. The van der Waals surface area contributed by atoms with Crippen LogP contribution in [-0.4, -0.2) is 19.6 Å². The number of pyridine rings is 1. The molecular weight excluding hydrogens is 478 g/mol. The highest BCUT2D eigenvalue weighted by molar-refractivity contribution is 7.99. The Bertz CT molecular complexity index is 1340. The molecule has 4 aromatic rings. The number of benzene rings is 2. The minimum absolute atomic E-state index is 0.0551. The van der Waals surface area contributed by atoms with Crippen molar-refractivity contribution in [3.63, 3.8) is 0 Å². The van der Waals surface area contributed by atoms with Crippen molar-refractivity contribution in [2.45, 2.75) is 35.3 Å². The number of hydrogen-bond acceptors (Lipinski definition) is 5. The molecule has 0 saturated carbocycles. The van der Waals surface area contributed by atoms with Crippen LogP contribution in [0.4, 0.5) is 11.4 Å². The van der Waals surface area contributed by atoms with E-state index in [-0.39, 0.29) is 22.7 Å². The third-order valence-electron chi connectivity index (χ3n) is 6.00. The number of anilines is 1. The summed E-state index contributed by atoms with van der Waals surface area (Å²) in [6, 6.07) is 24.8. The summed E-state index contributed by atoms with van der Waals surface area (Å²) in [5, 5.41) is 15.1. The lowest BCUT2D eigenvalue weighted by Crippen LogP contribution is -2.30. The standard InChI is InChI=1S/C26H23N5O2S2/c1-2-29-17-5-7-23(29)25-24(22-6-3-4-16-27-22)28-26(34)30(25)18-8-12-20(13-9-18)35-21-14-10-19(11-15-21)31(32)33/h3-17,24-25H,2H2,1H3,(H,28,34)/t24-,25-/m1/s1. The van der Waals surface area contributed by atoms with Gasteiger partial charge in [-0.25, -0.2) is 0 Å². The van der Waals surface area contributed by atoms with E-state index in [0.29, 0.717) is 5.11 Å². The summed E-state index contributed by atoms with van der Waals surface area (Å²) >= 11 is 7.38. The predicted molar refractivity (Wildman–Crippen MR) is 142 cm³/mol. The van der Waals surface area contributed by atoms with Crippen LogP contribution >= 0.6 is 24.0 Å². The number of nitrogens with zero attached hydrogens (tertiary/aromatic N) is 4. The Hall–Kier alpha value is -3.69. The fourth-order valence-corrected chi connectivity index (χ4v) is 5.53. The minimum atomic E-state index is -0.389. The van der Waals surface area contributed by atoms with E-state index in [1.54, 1.807) is 23.9 Å². The Labute approximate surface area is 213 Å². The Morgan fingerprint density at radius 2 is 1.74 bits per heavy atom. The number of aromatic nitrogens is 2. The van der Waals surface area contributed by atoms with Gasteiger partial charge in [-0.3, -0.25) is 15.1 Å². The Morgan fingerprint density at radius 1 is 1.03 bits per heavy atom. The van der Waals surface area contributed by atoms with Gasteiger partial charge in [-0.1, -0.05) is 17.8 Å². The number of thiocarbonyl (C=S) groups is 1. The largest absolute Gasteiger partial charge is 0.351 e. The molecular formula is C26H23N5O2S2. The van der Waals surface area contributed by atoms with E-state index >= 15 is 0 Å². The summed E-state index contributed by atoms with van der Waals surface area (Å²) in [4.78, 5) is 19.3. The van der Waals surface area contributed by atoms with Gasteiger partial charge in [0, 0.05) is 52.2 Å². The van der Waals surface area contributed by atoms with Crippen LogP contribution in [0.3, 0.4) is 0 Å². The number of hydrogen-bond donors (Lipinski definition) is 1. The molecule has 3 heterocycles. The van der Waals surface area contributed by atoms with E-state index < -0.39 is 0 Å². The lowest BCUT2D eigenvalue weighted by molar-refractivity contribution is -0.384. The fourth-order valence-electron chi connectivity index (χ4n) is 4.36. The molecule has 35 heavy (non-hydrogen) atoms. The summed E-state index contributed by atoms with van der Waals surface area (Å²) in [6.45, 7) is 2.99. The van der Waals surface area contributed by atoms with Gasteiger partial charge in [-0.2, -0.15) is 0 Å². The Kier molecular flexibility index (Phi) is 6.52. The van der Waals surface area contributed by atoms with Crippen molar-refractivity contribution >= 4 is 40.5 Å². The second kappa shape index (κ2) is 9.89. The van der Waals surface area contributed by atoms with Crippen molar-refractivity contribution in [1.82, 2.24) is 14.9 Å². The molecule has 0 amide bonds. The molecule has 5 rings (SSSR count). The summed E-state index contributed by atoms with van der Waals surface area (Å²) in [7, 11) is 0. The van der Waals surface area contributed by atoms with Gasteiger partial charge in [0.2, 0.25) is 0 Å². The highest BCUT2D eigenvalue weighted by atomic mass is 32.2. The fraction of sp³-hybridized carbons (Fsp3) is 0.154. The molecule has 2 aromatic carbocycles. The van der Waals surface area contributed by atoms with Gasteiger partial charge >= 0.3 is 0 Å². The Balaban J connectivity index is 1.45. The van der Waals surface area contributed by atoms with Crippen LogP contribution in [-0.2, 0) is 6.54 Å². The van der Waals surface area contributed by atoms with Gasteiger partial charge in [-0.15, -0.1) is 0 Å².